The average Bonchev–Trinajstić information content (AvgIpc) is 2.81. The van der Waals surface area contributed by atoms with Crippen molar-refractivity contribution in [3.05, 3.63) is 107 Å². The van der Waals surface area contributed by atoms with Gasteiger partial charge in [-0.3, -0.25) is 9.59 Å². The molecule has 0 aliphatic carbocycles. The van der Waals surface area contributed by atoms with Crippen molar-refractivity contribution in [2.24, 2.45) is 0 Å². The largest absolute Gasteiger partial charge is 0.455 e. The number of amides is 1. The molecule has 1 N–H and O–H groups in total. The van der Waals surface area contributed by atoms with Crippen LogP contribution in [0, 0.1) is 0 Å². The van der Waals surface area contributed by atoms with Crippen LogP contribution in [0.1, 0.15) is 13.0 Å². The number of para-hydroxylation sites is 3. The monoisotopic (exact) mass is 411 g/mol. The second-order valence-corrected chi connectivity index (χ2v) is 6.94. The predicted molar refractivity (Wildman–Crippen MR) is 120 cm³/mol. The van der Waals surface area contributed by atoms with Gasteiger partial charge in [-0.1, -0.05) is 60.7 Å². The molecule has 4 aromatic rings. The Labute approximate surface area is 179 Å². The molecule has 1 aromatic heterocycles. The Hall–Kier alpha value is -4.19. The molecule has 0 aliphatic heterocycles. The lowest BCUT2D eigenvalue weighted by molar-refractivity contribution is -0.119. The molecule has 0 fully saturated rings. The van der Waals surface area contributed by atoms with Crippen molar-refractivity contribution in [3.8, 4) is 22.8 Å². The number of anilines is 1. The number of hydrogen-bond acceptors (Lipinski definition) is 4. The zero-order valence-corrected chi connectivity index (χ0v) is 16.9. The van der Waals surface area contributed by atoms with Crippen molar-refractivity contribution < 1.29 is 9.53 Å². The van der Waals surface area contributed by atoms with Crippen LogP contribution in [0.15, 0.2) is 102 Å². The number of benzene rings is 3. The summed E-state index contributed by atoms with van der Waals surface area (Å²) in [4.78, 5) is 25.4. The Kier molecular flexibility index (Phi) is 5.89. The van der Waals surface area contributed by atoms with E-state index >= 15 is 0 Å². The quantitative estimate of drug-likeness (QED) is 0.490. The van der Waals surface area contributed by atoms with Gasteiger partial charge in [0.1, 0.15) is 11.8 Å². The van der Waals surface area contributed by atoms with Gasteiger partial charge in [0.05, 0.1) is 11.4 Å². The molecule has 0 spiro atoms. The highest BCUT2D eigenvalue weighted by atomic mass is 16.5. The summed E-state index contributed by atoms with van der Waals surface area (Å²) in [6, 6.07) is 28.2. The van der Waals surface area contributed by atoms with E-state index in [0.29, 0.717) is 22.9 Å². The molecule has 154 valence electrons. The number of carbonyl (C=O) groups is 1. The highest BCUT2D eigenvalue weighted by molar-refractivity contribution is 5.94. The van der Waals surface area contributed by atoms with Crippen LogP contribution in [-0.4, -0.2) is 15.7 Å². The fourth-order valence-corrected chi connectivity index (χ4v) is 3.09. The lowest BCUT2D eigenvalue weighted by Gasteiger charge is -2.17. The molecule has 1 unspecified atom stereocenters. The van der Waals surface area contributed by atoms with Crippen LogP contribution in [0.25, 0.3) is 11.3 Å². The molecule has 3 aromatic carbocycles. The Bertz CT molecular complexity index is 1240. The maximum Gasteiger partial charge on any atom is 0.267 e. The Morgan fingerprint density at radius 1 is 0.871 bits per heavy atom. The Morgan fingerprint density at radius 2 is 1.52 bits per heavy atom. The summed E-state index contributed by atoms with van der Waals surface area (Å²) in [7, 11) is 0. The van der Waals surface area contributed by atoms with Gasteiger partial charge in [0.2, 0.25) is 5.91 Å². The molecule has 6 nitrogen and oxygen atoms in total. The maximum absolute atomic E-state index is 13.0. The molecule has 1 amide bonds. The molecular formula is C25H21N3O3. The lowest BCUT2D eigenvalue weighted by Crippen LogP contribution is -2.33. The van der Waals surface area contributed by atoms with E-state index in [-0.39, 0.29) is 11.5 Å². The molecule has 6 heteroatoms. The molecule has 31 heavy (non-hydrogen) atoms. The number of carbonyl (C=O) groups excluding carboxylic acids is 1. The van der Waals surface area contributed by atoms with E-state index in [9.17, 15) is 9.59 Å². The van der Waals surface area contributed by atoms with Crippen molar-refractivity contribution in [3.63, 3.8) is 0 Å². The molecule has 0 bridgehead atoms. The summed E-state index contributed by atoms with van der Waals surface area (Å²) in [6.45, 7) is 1.64. The molecule has 4 rings (SSSR count). The number of nitrogens with one attached hydrogen (secondary N) is 1. The van der Waals surface area contributed by atoms with Gasteiger partial charge in [-0.25, -0.2) is 4.68 Å². The highest BCUT2D eigenvalue weighted by Crippen LogP contribution is 2.29. The third-order valence-electron chi connectivity index (χ3n) is 4.76. The third-order valence-corrected chi connectivity index (χ3v) is 4.76. The molecule has 1 heterocycles. The third kappa shape index (κ3) is 4.70. The second kappa shape index (κ2) is 9.09. The first kappa shape index (κ1) is 20.1. The topological polar surface area (TPSA) is 73.2 Å². The van der Waals surface area contributed by atoms with Gasteiger partial charge in [0, 0.05) is 11.6 Å². The summed E-state index contributed by atoms with van der Waals surface area (Å²) in [6.07, 6.45) is 0. The number of aromatic nitrogens is 2. The standard InChI is InChI=1S/C25H21N3O3/c1-18(28-24(29)17-16-21(27-28)19-10-4-2-5-11-19)25(30)26-22-14-8-9-15-23(22)31-20-12-6-3-7-13-20/h2-18H,1H3,(H,26,30). The minimum atomic E-state index is -0.819. The van der Waals surface area contributed by atoms with Crippen molar-refractivity contribution in [1.29, 1.82) is 0 Å². The average molecular weight is 411 g/mol. The van der Waals surface area contributed by atoms with Crippen molar-refractivity contribution >= 4 is 11.6 Å². The Morgan fingerprint density at radius 3 is 2.26 bits per heavy atom. The van der Waals surface area contributed by atoms with Crippen LogP contribution in [0.2, 0.25) is 0 Å². The van der Waals surface area contributed by atoms with Gasteiger partial charge in [-0.2, -0.15) is 5.10 Å². The van der Waals surface area contributed by atoms with Gasteiger partial charge < -0.3 is 10.1 Å². The first-order valence-corrected chi connectivity index (χ1v) is 9.90. The Balaban J connectivity index is 1.57. The van der Waals surface area contributed by atoms with Crippen LogP contribution < -0.4 is 15.6 Å². The predicted octanol–water partition coefficient (Wildman–Crippen LogP) is 4.90. The van der Waals surface area contributed by atoms with E-state index in [4.69, 9.17) is 4.74 Å². The van der Waals surface area contributed by atoms with Gasteiger partial charge in [0.25, 0.3) is 5.56 Å². The molecule has 0 aliphatic rings. The van der Waals surface area contributed by atoms with Crippen molar-refractivity contribution in [1.82, 2.24) is 9.78 Å². The minimum Gasteiger partial charge on any atom is -0.455 e. The summed E-state index contributed by atoms with van der Waals surface area (Å²) < 4.78 is 7.09. The fourth-order valence-electron chi connectivity index (χ4n) is 3.09. The first-order valence-electron chi connectivity index (χ1n) is 9.90. The van der Waals surface area contributed by atoms with Gasteiger partial charge in [0.15, 0.2) is 5.75 Å². The van der Waals surface area contributed by atoms with E-state index in [2.05, 4.69) is 10.4 Å². The zero-order valence-electron chi connectivity index (χ0n) is 16.9. The molecule has 0 radical (unpaired) electrons. The summed E-state index contributed by atoms with van der Waals surface area (Å²) in [5, 5.41) is 7.26. The second-order valence-electron chi connectivity index (χ2n) is 6.94. The molecular weight excluding hydrogens is 390 g/mol. The maximum atomic E-state index is 13.0. The van der Waals surface area contributed by atoms with Gasteiger partial charge >= 0.3 is 0 Å². The smallest absolute Gasteiger partial charge is 0.267 e. The van der Waals surface area contributed by atoms with Crippen LogP contribution in [-0.2, 0) is 4.79 Å². The molecule has 0 saturated heterocycles. The molecule has 0 saturated carbocycles. The van der Waals surface area contributed by atoms with Crippen LogP contribution >= 0.6 is 0 Å². The normalized spacial score (nSPS) is 11.5. The highest BCUT2D eigenvalue weighted by Gasteiger charge is 2.19. The minimum absolute atomic E-state index is 0.351. The van der Waals surface area contributed by atoms with E-state index < -0.39 is 6.04 Å². The lowest BCUT2D eigenvalue weighted by atomic mass is 10.1. The summed E-state index contributed by atoms with van der Waals surface area (Å²) in [5.74, 6) is 0.794. The number of nitrogens with zero attached hydrogens (tertiary/aromatic N) is 2. The number of ether oxygens (including phenoxy) is 1. The first-order chi connectivity index (χ1) is 15.1. The SMILES string of the molecule is CC(C(=O)Nc1ccccc1Oc1ccccc1)n1nc(-c2ccccc2)ccc1=O. The van der Waals surface area contributed by atoms with Gasteiger partial charge in [-0.15, -0.1) is 0 Å². The van der Waals surface area contributed by atoms with E-state index in [0.717, 1.165) is 5.56 Å². The summed E-state index contributed by atoms with van der Waals surface area (Å²) >= 11 is 0. The van der Waals surface area contributed by atoms with E-state index in [1.165, 1.54) is 10.7 Å². The van der Waals surface area contributed by atoms with Crippen LogP contribution in [0.4, 0.5) is 5.69 Å². The van der Waals surface area contributed by atoms with Crippen LogP contribution in [0.3, 0.4) is 0 Å². The number of hydrogen-bond donors (Lipinski definition) is 1. The van der Waals surface area contributed by atoms with E-state index in [1.807, 2.05) is 66.7 Å². The van der Waals surface area contributed by atoms with Gasteiger partial charge in [-0.05, 0) is 37.3 Å². The van der Waals surface area contributed by atoms with E-state index in [1.54, 1.807) is 31.2 Å². The molecule has 1 atom stereocenters. The fraction of sp³-hybridized carbons (Fsp3) is 0.0800. The van der Waals surface area contributed by atoms with Crippen molar-refractivity contribution in [2.45, 2.75) is 13.0 Å². The summed E-state index contributed by atoms with van der Waals surface area (Å²) in [5.41, 5.74) is 1.64. The van der Waals surface area contributed by atoms with Crippen LogP contribution in [0.5, 0.6) is 11.5 Å². The zero-order chi connectivity index (χ0) is 21.6. The number of rotatable bonds is 6. The van der Waals surface area contributed by atoms with Crippen molar-refractivity contribution in [2.75, 3.05) is 5.32 Å².